The molecule has 192 valence electrons. The number of benzene rings is 2. The minimum absolute atomic E-state index is 0.153. The Morgan fingerprint density at radius 1 is 1.06 bits per heavy atom. The summed E-state index contributed by atoms with van der Waals surface area (Å²) in [5, 5.41) is 27.1. The van der Waals surface area contributed by atoms with E-state index in [0.717, 1.165) is 66.5 Å². The largest absolute Gasteiger partial charge is 0.493 e. The van der Waals surface area contributed by atoms with Crippen molar-refractivity contribution in [2.24, 2.45) is 11.1 Å². The average Bonchev–Trinajstić information content (AvgIpc) is 3.36. The van der Waals surface area contributed by atoms with Gasteiger partial charge >= 0.3 is 0 Å². The first-order chi connectivity index (χ1) is 17.5. The van der Waals surface area contributed by atoms with Gasteiger partial charge in [0.2, 0.25) is 0 Å². The Balaban J connectivity index is 0.00000148. The maximum absolute atomic E-state index is 9.48. The van der Waals surface area contributed by atoms with Crippen LogP contribution in [0.2, 0.25) is 0 Å². The number of hydrogen-bond donors (Lipinski definition) is 4. The Kier molecular flexibility index (Phi) is 8.05. The molecule has 2 aromatic heterocycles. The lowest BCUT2D eigenvalue weighted by atomic mass is 9.94. The Bertz CT molecular complexity index is 1300. The molecule has 9 heteroatoms. The van der Waals surface area contributed by atoms with Gasteiger partial charge in [0.15, 0.2) is 0 Å². The lowest BCUT2D eigenvalue weighted by molar-refractivity contribution is 0.0287. The summed E-state index contributed by atoms with van der Waals surface area (Å²) in [6.07, 6.45) is 3.75. The molecular weight excluding hydrogens is 458 g/mol. The van der Waals surface area contributed by atoms with E-state index in [1.165, 1.54) is 0 Å². The van der Waals surface area contributed by atoms with Crippen molar-refractivity contribution in [1.29, 1.82) is 0 Å². The molecule has 36 heavy (non-hydrogen) atoms. The summed E-state index contributed by atoms with van der Waals surface area (Å²) in [5.74, 6) is 1.45. The van der Waals surface area contributed by atoms with Crippen molar-refractivity contribution < 1.29 is 20.1 Å². The van der Waals surface area contributed by atoms with E-state index in [-0.39, 0.29) is 25.9 Å². The lowest BCUT2D eigenvalue weighted by Gasteiger charge is -2.32. The molecule has 0 radical (unpaired) electrons. The van der Waals surface area contributed by atoms with Gasteiger partial charge in [-0.15, -0.1) is 0 Å². The zero-order chi connectivity index (χ0) is 25.7. The SMILES string of the molecule is CC(CO)(CO)COc1ccc2c(c1)ncn2-c1ccc2cccc(N3CCC(N)CC3)c2n1.CO. The monoisotopic (exact) mass is 493 g/mol. The number of fused-ring (bicyclic) bond motifs is 2. The van der Waals surface area contributed by atoms with Crippen LogP contribution >= 0.6 is 0 Å². The number of hydrogen-bond acceptors (Lipinski definition) is 8. The molecule has 1 aliphatic heterocycles. The van der Waals surface area contributed by atoms with Crippen LogP contribution in [0.3, 0.4) is 0 Å². The van der Waals surface area contributed by atoms with Crippen LogP contribution in [0.5, 0.6) is 5.75 Å². The number of para-hydroxylation sites is 1. The molecule has 1 saturated heterocycles. The first-order valence-electron chi connectivity index (χ1n) is 12.2. The van der Waals surface area contributed by atoms with Crippen molar-refractivity contribution in [3.8, 4) is 11.6 Å². The van der Waals surface area contributed by atoms with Crippen LogP contribution in [0.15, 0.2) is 54.9 Å². The number of aliphatic hydroxyl groups is 3. The standard InChI is InChI=1S/C26H31N5O3.CH4O/c1-26(14-32,15-33)16-34-20-6-7-22-21(13-20)28-17-31(22)24-8-5-18-3-2-4-23(25(18)29-24)30-11-9-19(27)10-12-30;1-2/h2-8,13,17,19,32-33H,9-12,14-16,27H2,1H3;2H,1H3. The molecule has 0 amide bonds. The Morgan fingerprint density at radius 2 is 1.81 bits per heavy atom. The molecule has 5 N–H and O–H groups in total. The summed E-state index contributed by atoms with van der Waals surface area (Å²) in [6, 6.07) is 16.4. The van der Waals surface area contributed by atoms with E-state index >= 15 is 0 Å². The van der Waals surface area contributed by atoms with Crippen molar-refractivity contribution in [1.82, 2.24) is 14.5 Å². The van der Waals surface area contributed by atoms with Gasteiger partial charge in [0.05, 0.1) is 42.1 Å². The molecule has 1 aliphatic rings. The van der Waals surface area contributed by atoms with E-state index in [9.17, 15) is 10.2 Å². The number of nitrogens with two attached hydrogens (primary N) is 1. The second-order valence-corrected chi connectivity index (χ2v) is 9.52. The van der Waals surface area contributed by atoms with Gasteiger partial charge in [-0.1, -0.05) is 19.1 Å². The van der Waals surface area contributed by atoms with Gasteiger partial charge in [0, 0.05) is 43.1 Å². The number of aliphatic hydroxyl groups excluding tert-OH is 3. The van der Waals surface area contributed by atoms with Crippen LogP contribution in [-0.4, -0.2) is 75.9 Å². The van der Waals surface area contributed by atoms with Crippen molar-refractivity contribution in [2.75, 3.05) is 44.9 Å². The van der Waals surface area contributed by atoms with Crippen LogP contribution in [0.1, 0.15) is 19.8 Å². The molecule has 0 spiro atoms. The fraction of sp³-hybridized carbons (Fsp3) is 0.407. The highest BCUT2D eigenvalue weighted by molar-refractivity contribution is 5.92. The normalized spacial score (nSPS) is 14.7. The third-order valence-corrected chi connectivity index (χ3v) is 6.68. The number of nitrogens with zero attached hydrogens (tertiary/aromatic N) is 4. The van der Waals surface area contributed by atoms with Crippen molar-refractivity contribution in [2.45, 2.75) is 25.8 Å². The smallest absolute Gasteiger partial charge is 0.139 e. The molecule has 4 aromatic rings. The summed E-state index contributed by atoms with van der Waals surface area (Å²) >= 11 is 0. The quantitative estimate of drug-likeness (QED) is 0.309. The summed E-state index contributed by atoms with van der Waals surface area (Å²) in [4.78, 5) is 12.0. The van der Waals surface area contributed by atoms with E-state index in [1.807, 2.05) is 28.8 Å². The molecule has 5 rings (SSSR count). The highest BCUT2D eigenvalue weighted by atomic mass is 16.5. The second kappa shape index (κ2) is 11.2. The predicted octanol–water partition coefficient (Wildman–Crippen LogP) is 2.48. The molecular formula is C27H35N5O4. The van der Waals surface area contributed by atoms with Crippen LogP contribution in [0, 0.1) is 5.41 Å². The third kappa shape index (κ3) is 5.29. The molecule has 0 unspecified atom stereocenters. The Labute approximate surface area is 210 Å². The van der Waals surface area contributed by atoms with E-state index in [4.69, 9.17) is 20.6 Å². The van der Waals surface area contributed by atoms with E-state index in [0.29, 0.717) is 5.75 Å². The molecule has 9 nitrogen and oxygen atoms in total. The molecule has 3 heterocycles. The summed E-state index contributed by atoms with van der Waals surface area (Å²) in [7, 11) is 1.00. The van der Waals surface area contributed by atoms with E-state index in [2.05, 4.69) is 34.1 Å². The number of ether oxygens (including phenoxy) is 1. The molecule has 0 atom stereocenters. The summed E-state index contributed by atoms with van der Waals surface area (Å²) < 4.78 is 7.80. The van der Waals surface area contributed by atoms with Gasteiger partial charge in [0.25, 0.3) is 0 Å². The molecule has 0 bridgehead atoms. The lowest BCUT2D eigenvalue weighted by Crippen LogP contribution is -2.39. The Hall–Kier alpha value is -3.24. The zero-order valence-corrected chi connectivity index (χ0v) is 20.8. The van der Waals surface area contributed by atoms with Gasteiger partial charge in [-0.3, -0.25) is 4.57 Å². The summed E-state index contributed by atoms with van der Waals surface area (Å²) in [6.45, 7) is 3.56. The fourth-order valence-corrected chi connectivity index (χ4v) is 4.31. The van der Waals surface area contributed by atoms with E-state index < -0.39 is 5.41 Å². The zero-order valence-electron chi connectivity index (χ0n) is 20.8. The number of piperidine rings is 1. The number of anilines is 1. The van der Waals surface area contributed by atoms with Gasteiger partial charge in [-0.25, -0.2) is 9.97 Å². The topological polar surface area (TPSA) is 130 Å². The third-order valence-electron chi connectivity index (χ3n) is 6.68. The maximum Gasteiger partial charge on any atom is 0.139 e. The number of pyridine rings is 1. The van der Waals surface area contributed by atoms with Crippen molar-refractivity contribution in [3.05, 3.63) is 54.9 Å². The highest BCUT2D eigenvalue weighted by Crippen LogP contribution is 2.30. The van der Waals surface area contributed by atoms with Gasteiger partial charge < -0.3 is 30.7 Å². The minimum atomic E-state index is -0.694. The molecule has 0 saturated carbocycles. The first-order valence-corrected chi connectivity index (χ1v) is 12.2. The Morgan fingerprint density at radius 3 is 2.53 bits per heavy atom. The molecule has 0 aliphatic carbocycles. The van der Waals surface area contributed by atoms with Crippen LogP contribution in [0.4, 0.5) is 5.69 Å². The maximum atomic E-state index is 9.48. The van der Waals surface area contributed by atoms with Gasteiger partial charge in [0.1, 0.15) is 17.9 Å². The predicted molar refractivity (Wildman–Crippen MR) is 142 cm³/mol. The minimum Gasteiger partial charge on any atom is -0.493 e. The molecule has 1 fully saturated rings. The number of rotatable bonds is 7. The second-order valence-electron chi connectivity index (χ2n) is 9.52. The van der Waals surface area contributed by atoms with E-state index in [1.54, 1.807) is 13.3 Å². The average molecular weight is 494 g/mol. The fourth-order valence-electron chi connectivity index (χ4n) is 4.31. The van der Waals surface area contributed by atoms with Crippen LogP contribution in [-0.2, 0) is 0 Å². The summed E-state index contributed by atoms with van der Waals surface area (Å²) in [5.41, 5.74) is 9.24. The first kappa shape index (κ1) is 25.8. The van der Waals surface area contributed by atoms with Crippen molar-refractivity contribution in [3.63, 3.8) is 0 Å². The van der Waals surface area contributed by atoms with Gasteiger partial charge in [-0.05, 0) is 43.2 Å². The van der Waals surface area contributed by atoms with Gasteiger partial charge in [-0.2, -0.15) is 0 Å². The van der Waals surface area contributed by atoms with Crippen molar-refractivity contribution >= 4 is 27.6 Å². The highest BCUT2D eigenvalue weighted by Gasteiger charge is 2.24. The molecule has 2 aromatic carbocycles. The number of imidazole rings is 1. The number of aromatic nitrogens is 3. The van der Waals surface area contributed by atoms with Crippen LogP contribution < -0.4 is 15.4 Å². The van der Waals surface area contributed by atoms with Crippen LogP contribution in [0.25, 0.3) is 27.8 Å².